The van der Waals surface area contributed by atoms with Crippen molar-refractivity contribution in [3.05, 3.63) is 52.5 Å². The third-order valence-electron chi connectivity index (χ3n) is 3.42. The van der Waals surface area contributed by atoms with Crippen molar-refractivity contribution in [2.24, 2.45) is 5.73 Å². The molecule has 2 unspecified atom stereocenters. The van der Waals surface area contributed by atoms with Gasteiger partial charge in [0.05, 0.1) is 6.04 Å². The van der Waals surface area contributed by atoms with E-state index >= 15 is 0 Å². The minimum atomic E-state index is 0.154. The highest BCUT2D eigenvalue weighted by Gasteiger charge is 2.23. The van der Waals surface area contributed by atoms with E-state index in [-0.39, 0.29) is 12.1 Å². The Morgan fingerprint density at radius 3 is 2.63 bits per heavy atom. The summed E-state index contributed by atoms with van der Waals surface area (Å²) in [6.45, 7) is 3.03. The van der Waals surface area contributed by atoms with Gasteiger partial charge in [-0.3, -0.25) is 9.88 Å². The van der Waals surface area contributed by atoms with Crippen molar-refractivity contribution in [3.8, 4) is 0 Å². The molecule has 19 heavy (non-hydrogen) atoms. The van der Waals surface area contributed by atoms with E-state index in [1.165, 1.54) is 11.1 Å². The summed E-state index contributed by atoms with van der Waals surface area (Å²) < 4.78 is 0. The van der Waals surface area contributed by atoms with Gasteiger partial charge in [-0.25, -0.2) is 0 Å². The van der Waals surface area contributed by atoms with Crippen LogP contribution in [0.2, 0.25) is 0 Å². The van der Waals surface area contributed by atoms with Crippen molar-refractivity contribution in [2.75, 3.05) is 7.05 Å². The molecule has 0 fully saturated rings. The molecular formula is C15H21N3S. The highest BCUT2D eigenvalue weighted by atomic mass is 32.1. The zero-order valence-corrected chi connectivity index (χ0v) is 12.3. The first kappa shape index (κ1) is 14.2. The van der Waals surface area contributed by atoms with Crippen molar-refractivity contribution in [3.63, 3.8) is 0 Å². The molecule has 0 aliphatic rings. The summed E-state index contributed by atoms with van der Waals surface area (Å²) in [5.74, 6) is 0. The monoisotopic (exact) mass is 275 g/mol. The van der Waals surface area contributed by atoms with E-state index in [9.17, 15) is 0 Å². The summed E-state index contributed by atoms with van der Waals surface area (Å²) in [4.78, 5) is 6.38. The topological polar surface area (TPSA) is 42.1 Å². The number of pyridine rings is 1. The zero-order valence-electron chi connectivity index (χ0n) is 11.5. The second-order valence-corrected chi connectivity index (χ2v) is 5.62. The molecule has 0 saturated heterocycles. The minimum Gasteiger partial charge on any atom is -0.326 e. The predicted molar refractivity (Wildman–Crippen MR) is 81.0 cm³/mol. The van der Waals surface area contributed by atoms with Crippen LogP contribution in [0, 0.1) is 0 Å². The zero-order chi connectivity index (χ0) is 13.7. The van der Waals surface area contributed by atoms with Crippen LogP contribution in [-0.4, -0.2) is 23.0 Å². The lowest BCUT2D eigenvalue weighted by molar-refractivity contribution is 0.202. The van der Waals surface area contributed by atoms with Crippen molar-refractivity contribution in [1.82, 2.24) is 9.88 Å². The maximum atomic E-state index is 6.31. The van der Waals surface area contributed by atoms with E-state index in [0.717, 1.165) is 13.0 Å². The predicted octanol–water partition coefficient (Wildman–Crippen LogP) is 3.05. The lowest BCUT2D eigenvalue weighted by Gasteiger charge is -2.32. The molecule has 0 amide bonds. The maximum Gasteiger partial charge on any atom is 0.0507 e. The fourth-order valence-corrected chi connectivity index (χ4v) is 3.06. The fourth-order valence-electron chi connectivity index (χ4n) is 2.37. The molecule has 0 aliphatic heterocycles. The van der Waals surface area contributed by atoms with Crippen LogP contribution in [0.15, 0.2) is 41.4 Å². The average molecular weight is 275 g/mol. The number of aromatic nitrogens is 1. The van der Waals surface area contributed by atoms with Crippen LogP contribution >= 0.6 is 11.3 Å². The van der Waals surface area contributed by atoms with E-state index in [1.807, 2.05) is 12.4 Å². The molecule has 0 aromatic carbocycles. The van der Waals surface area contributed by atoms with Gasteiger partial charge in [-0.1, -0.05) is 6.92 Å². The first-order valence-corrected chi connectivity index (χ1v) is 7.53. The normalized spacial score (nSPS) is 14.5. The van der Waals surface area contributed by atoms with Crippen molar-refractivity contribution in [2.45, 2.75) is 32.0 Å². The highest BCUT2D eigenvalue weighted by Crippen LogP contribution is 2.27. The lowest BCUT2D eigenvalue weighted by atomic mass is 9.99. The SMILES string of the molecule is CCC(N)C(c1ccsc1)N(C)Cc1ccncc1. The van der Waals surface area contributed by atoms with Crippen LogP contribution in [-0.2, 0) is 6.54 Å². The largest absolute Gasteiger partial charge is 0.326 e. The molecule has 2 N–H and O–H groups in total. The summed E-state index contributed by atoms with van der Waals surface area (Å²) in [7, 11) is 2.14. The molecule has 2 rings (SSSR count). The second kappa shape index (κ2) is 6.80. The molecule has 102 valence electrons. The van der Waals surface area contributed by atoms with Crippen LogP contribution in [0.1, 0.15) is 30.5 Å². The molecule has 0 bridgehead atoms. The van der Waals surface area contributed by atoms with Gasteiger partial charge in [-0.2, -0.15) is 11.3 Å². The molecule has 3 nitrogen and oxygen atoms in total. The molecule has 2 aromatic rings. The molecule has 2 atom stereocenters. The first-order valence-electron chi connectivity index (χ1n) is 6.59. The van der Waals surface area contributed by atoms with Gasteiger partial charge in [-0.15, -0.1) is 0 Å². The third-order valence-corrected chi connectivity index (χ3v) is 4.12. The van der Waals surface area contributed by atoms with Gasteiger partial charge < -0.3 is 5.73 Å². The molecule has 0 saturated carbocycles. The Morgan fingerprint density at radius 1 is 1.32 bits per heavy atom. The van der Waals surface area contributed by atoms with Gasteiger partial charge in [0.25, 0.3) is 0 Å². The van der Waals surface area contributed by atoms with Crippen LogP contribution in [0.4, 0.5) is 0 Å². The van der Waals surface area contributed by atoms with Crippen LogP contribution in [0.5, 0.6) is 0 Å². The average Bonchev–Trinajstić information content (AvgIpc) is 2.93. The van der Waals surface area contributed by atoms with Gasteiger partial charge in [0.15, 0.2) is 0 Å². The van der Waals surface area contributed by atoms with E-state index in [2.05, 4.69) is 52.8 Å². The van der Waals surface area contributed by atoms with Gasteiger partial charge in [0.2, 0.25) is 0 Å². The summed E-state index contributed by atoms with van der Waals surface area (Å²) in [6, 6.07) is 6.71. The van der Waals surface area contributed by atoms with Gasteiger partial charge in [-0.05, 0) is 53.6 Å². The number of likely N-dealkylation sites (N-methyl/N-ethyl adjacent to an activating group) is 1. The molecular weight excluding hydrogens is 254 g/mol. The molecule has 0 spiro atoms. The molecule has 2 heterocycles. The Labute approximate surface area is 119 Å². The lowest BCUT2D eigenvalue weighted by Crippen LogP contribution is -2.38. The van der Waals surface area contributed by atoms with Crippen LogP contribution < -0.4 is 5.73 Å². The Morgan fingerprint density at radius 2 is 2.05 bits per heavy atom. The Bertz CT molecular complexity index is 469. The van der Waals surface area contributed by atoms with E-state index in [4.69, 9.17) is 5.73 Å². The van der Waals surface area contributed by atoms with Gasteiger partial charge in [0, 0.05) is 25.0 Å². The summed E-state index contributed by atoms with van der Waals surface area (Å²) in [5, 5.41) is 4.31. The van der Waals surface area contributed by atoms with E-state index in [1.54, 1.807) is 11.3 Å². The molecule has 0 radical (unpaired) electrons. The van der Waals surface area contributed by atoms with Crippen LogP contribution in [0.3, 0.4) is 0 Å². The first-order chi connectivity index (χ1) is 9.22. The Hall–Kier alpha value is -1.23. The van der Waals surface area contributed by atoms with Crippen molar-refractivity contribution in [1.29, 1.82) is 0 Å². The van der Waals surface area contributed by atoms with Crippen LogP contribution in [0.25, 0.3) is 0 Å². The molecule has 2 aromatic heterocycles. The smallest absolute Gasteiger partial charge is 0.0507 e. The highest BCUT2D eigenvalue weighted by molar-refractivity contribution is 7.07. The number of nitrogens with two attached hydrogens (primary N) is 1. The van der Waals surface area contributed by atoms with Crippen molar-refractivity contribution < 1.29 is 0 Å². The number of rotatable bonds is 6. The summed E-state index contributed by atoms with van der Waals surface area (Å²) in [6.07, 6.45) is 4.65. The number of hydrogen-bond acceptors (Lipinski definition) is 4. The van der Waals surface area contributed by atoms with Crippen molar-refractivity contribution >= 4 is 11.3 Å². The fraction of sp³-hybridized carbons (Fsp3) is 0.400. The minimum absolute atomic E-state index is 0.154. The standard InChI is InChI=1S/C15H21N3S/c1-3-14(16)15(13-6-9-19-11-13)18(2)10-12-4-7-17-8-5-12/h4-9,11,14-15H,3,10,16H2,1-2H3. The summed E-state index contributed by atoms with van der Waals surface area (Å²) >= 11 is 1.73. The molecule has 0 aliphatic carbocycles. The number of nitrogens with zero attached hydrogens (tertiary/aromatic N) is 2. The Balaban J connectivity index is 2.14. The van der Waals surface area contributed by atoms with Gasteiger partial charge in [0.1, 0.15) is 0 Å². The summed E-state index contributed by atoms with van der Waals surface area (Å²) in [5.41, 5.74) is 8.89. The van der Waals surface area contributed by atoms with E-state index in [0.29, 0.717) is 0 Å². The quantitative estimate of drug-likeness (QED) is 0.881. The third kappa shape index (κ3) is 3.62. The number of thiophene rings is 1. The number of hydrogen-bond donors (Lipinski definition) is 1. The van der Waals surface area contributed by atoms with E-state index < -0.39 is 0 Å². The molecule has 4 heteroatoms. The Kier molecular flexibility index (Phi) is 5.07. The van der Waals surface area contributed by atoms with Gasteiger partial charge >= 0.3 is 0 Å². The second-order valence-electron chi connectivity index (χ2n) is 4.84. The maximum absolute atomic E-state index is 6.31.